The summed E-state index contributed by atoms with van der Waals surface area (Å²) in [6, 6.07) is 26.2. The van der Waals surface area contributed by atoms with Crippen LogP contribution in [0.25, 0.3) is 5.69 Å². The van der Waals surface area contributed by atoms with Gasteiger partial charge >= 0.3 is 0 Å². The highest BCUT2D eigenvalue weighted by Crippen LogP contribution is 2.42. The maximum absolute atomic E-state index is 5.84. The van der Waals surface area contributed by atoms with Crippen LogP contribution >= 0.6 is 28.1 Å². The Morgan fingerprint density at radius 3 is 2.56 bits per heavy atom. The van der Waals surface area contributed by atoms with Crippen molar-refractivity contribution < 1.29 is 4.74 Å². The summed E-state index contributed by atoms with van der Waals surface area (Å²) in [6.07, 6.45) is 3.90. The van der Waals surface area contributed by atoms with Crippen LogP contribution in [0.15, 0.2) is 95.7 Å². The van der Waals surface area contributed by atoms with Crippen molar-refractivity contribution in [3.8, 4) is 11.4 Å². The van der Waals surface area contributed by atoms with Crippen LogP contribution in [0.5, 0.6) is 5.75 Å². The van der Waals surface area contributed by atoms with Gasteiger partial charge in [0, 0.05) is 40.0 Å². The Labute approximate surface area is 200 Å². The molecular weight excluding hydrogens is 484 g/mol. The smallest absolute Gasteiger partial charge is 0.174 e. The average molecular weight is 505 g/mol. The van der Waals surface area contributed by atoms with Crippen molar-refractivity contribution in [3.63, 3.8) is 0 Å². The van der Waals surface area contributed by atoms with Gasteiger partial charge in [-0.15, -0.1) is 0 Å². The molecule has 0 amide bonds. The van der Waals surface area contributed by atoms with Gasteiger partial charge in [0.25, 0.3) is 0 Å². The first-order valence-corrected chi connectivity index (χ1v) is 11.4. The van der Waals surface area contributed by atoms with E-state index >= 15 is 0 Å². The van der Waals surface area contributed by atoms with Gasteiger partial charge in [0.15, 0.2) is 5.11 Å². The van der Waals surface area contributed by atoms with Gasteiger partial charge in [0.2, 0.25) is 0 Å². The molecule has 0 spiro atoms. The van der Waals surface area contributed by atoms with Crippen molar-refractivity contribution in [3.05, 3.63) is 107 Å². The number of nitrogens with one attached hydrogen (secondary N) is 1. The van der Waals surface area contributed by atoms with E-state index in [-0.39, 0.29) is 12.1 Å². The third-order valence-corrected chi connectivity index (χ3v) is 6.46. The molecular formula is C25H21BrN4OS. The topological polar surface area (TPSA) is 42.3 Å². The van der Waals surface area contributed by atoms with Gasteiger partial charge in [-0.3, -0.25) is 4.98 Å². The Bertz CT molecular complexity index is 1240. The van der Waals surface area contributed by atoms with Crippen LogP contribution < -0.4 is 15.0 Å². The Hall–Kier alpha value is -3.16. The summed E-state index contributed by atoms with van der Waals surface area (Å²) in [4.78, 5) is 6.80. The van der Waals surface area contributed by atoms with Crippen LogP contribution in [-0.2, 0) is 0 Å². The lowest BCUT2D eigenvalue weighted by molar-refractivity contribution is 0.414. The molecule has 3 heterocycles. The van der Waals surface area contributed by atoms with E-state index in [2.05, 4.69) is 72.2 Å². The van der Waals surface area contributed by atoms with Gasteiger partial charge in [-0.2, -0.15) is 0 Å². The van der Waals surface area contributed by atoms with Crippen LogP contribution in [0, 0.1) is 0 Å². The van der Waals surface area contributed by atoms with Gasteiger partial charge in [0.05, 0.1) is 18.8 Å². The van der Waals surface area contributed by atoms with E-state index in [1.54, 1.807) is 7.11 Å². The van der Waals surface area contributed by atoms with E-state index < -0.39 is 0 Å². The Morgan fingerprint density at radius 2 is 1.81 bits per heavy atom. The molecule has 4 aromatic rings. The summed E-state index contributed by atoms with van der Waals surface area (Å²) in [5.74, 6) is 0.786. The maximum atomic E-state index is 5.84. The molecule has 2 atom stereocenters. The third kappa shape index (κ3) is 3.78. The second-order valence-corrected chi connectivity index (χ2v) is 8.78. The number of hydrogen-bond acceptors (Lipinski definition) is 3. The lowest BCUT2D eigenvalue weighted by Crippen LogP contribution is -2.30. The van der Waals surface area contributed by atoms with Crippen LogP contribution in [0.3, 0.4) is 0 Å². The molecule has 32 heavy (non-hydrogen) atoms. The predicted octanol–water partition coefficient (Wildman–Crippen LogP) is 5.82. The minimum atomic E-state index is -0.112. The molecule has 2 aromatic carbocycles. The number of aromatic nitrogens is 2. The average Bonchev–Trinajstić information content (AvgIpc) is 3.44. The molecule has 2 aromatic heterocycles. The molecule has 0 radical (unpaired) electrons. The van der Waals surface area contributed by atoms with E-state index in [9.17, 15) is 0 Å². The van der Waals surface area contributed by atoms with Crippen molar-refractivity contribution in [2.75, 3.05) is 12.0 Å². The fourth-order valence-corrected chi connectivity index (χ4v) is 4.78. The van der Waals surface area contributed by atoms with Gasteiger partial charge < -0.3 is 19.5 Å². The number of thiocarbonyl (C=S) groups is 1. The lowest BCUT2D eigenvalue weighted by atomic mass is 10.0. The normalized spacial score (nSPS) is 17.9. The lowest BCUT2D eigenvalue weighted by Gasteiger charge is -2.29. The summed E-state index contributed by atoms with van der Waals surface area (Å²) < 4.78 is 8.73. The van der Waals surface area contributed by atoms with Crippen molar-refractivity contribution in [1.82, 2.24) is 14.9 Å². The molecule has 7 heteroatoms. The van der Waals surface area contributed by atoms with E-state index in [0.717, 1.165) is 33.0 Å². The highest BCUT2D eigenvalue weighted by atomic mass is 79.9. The van der Waals surface area contributed by atoms with Crippen molar-refractivity contribution in [2.24, 2.45) is 0 Å². The molecule has 0 bridgehead atoms. The number of ether oxygens (including phenoxy) is 1. The summed E-state index contributed by atoms with van der Waals surface area (Å²) in [6.45, 7) is 0. The number of pyridine rings is 1. The number of hydrogen-bond donors (Lipinski definition) is 1. The molecule has 0 unspecified atom stereocenters. The number of methoxy groups -OCH3 is 1. The molecule has 1 saturated heterocycles. The number of nitrogens with zero attached hydrogens (tertiary/aromatic N) is 3. The zero-order chi connectivity index (χ0) is 22.1. The second-order valence-electron chi connectivity index (χ2n) is 7.48. The van der Waals surface area contributed by atoms with Crippen molar-refractivity contribution in [2.45, 2.75) is 12.1 Å². The van der Waals surface area contributed by atoms with Gasteiger partial charge in [0.1, 0.15) is 11.8 Å². The fourth-order valence-electron chi connectivity index (χ4n) is 4.17. The molecule has 0 aliphatic carbocycles. The van der Waals surface area contributed by atoms with Crippen molar-refractivity contribution >= 4 is 38.9 Å². The summed E-state index contributed by atoms with van der Waals surface area (Å²) in [7, 11) is 1.67. The number of anilines is 1. The standard InChI is InChI=1S/C25H21BrN4OS/c1-31-20-7-4-6-19(16-20)30-24(23(28-25(30)32)21-8-2-3-14-27-21)22-9-5-15-29(22)18-12-10-17(26)11-13-18/h2-16,23-24H,1H3,(H,28,32)/t23-,24-/m0/s1. The minimum Gasteiger partial charge on any atom is -0.497 e. The van der Waals surface area contributed by atoms with E-state index in [4.69, 9.17) is 17.0 Å². The van der Waals surface area contributed by atoms with Gasteiger partial charge in [-0.05, 0) is 72.9 Å². The Balaban J connectivity index is 1.66. The quantitative estimate of drug-likeness (QED) is 0.346. The summed E-state index contributed by atoms with van der Waals surface area (Å²) in [5.41, 5.74) is 4.09. The minimum absolute atomic E-state index is 0.108. The zero-order valence-electron chi connectivity index (χ0n) is 17.4. The molecule has 5 nitrogen and oxygen atoms in total. The molecule has 1 N–H and O–H groups in total. The van der Waals surface area contributed by atoms with E-state index in [0.29, 0.717) is 5.11 Å². The van der Waals surface area contributed by atoms with Crippen LogP contribution in [-0.4, -0.2) is 21.8 Å². The highest BCUT2D eigenvalue weighted by molar-refractivity contribution is 9.10. The second kappa shape index (κ2) is 8.76. The number of benzene rings is 2. The van der Waals surface area contributed by atoms with E-state index in [1.165, 1.54) is 0 Å². The van der Waals surface area contributed by atoms with Crippen LogP contribution in [0.2, 0.25) is 0 Å². The molecule has 1 aliphatic heterocycles. The Kier molecular flexibility index (Phi) is 5.68. The first-order valence-electron chi connectivity index (χ1n) is 10.2. The molecule has 1 aliphatic rings. The molecule has 5 rings (SSSR count). The Morgan fingerprint density at radius 1 is 0.969 bits per heavy atom. The fraction of sp³-hybridized carbons (Fsp3) is 0.120. The maximum Gasteiger partial charge on any atom is 0.174 e. The molecule has 1 fully saturated rings. The van der Waals surface area contributed by atoms with Gasteiger partial charge in [-0.1, -0.05) is 28.1 Å². The van der Waals surface area contributed by atoms with Crippen molar-refractivity contribution in [1.29, 1.82) is 0 Å². The van der Waals surface area contributed by atoms with Crippen LogP contribution in [0.1, 0.15) is 23.5 Å². The third-order valence-electron chi connectivity index (χ3n) is 5.62. The van der Waals surface area contributed by atoms with Gasteiger partial charge in [-0.25, -0.2) is 0 Å². The molecule has 160 valence electrons. The highest BCUT2D eigenvalue weighted by Gasteiger charge is 2.42. The zero-order valence-corrected chi connectivity index (χ0v) is 19.8. The largest absolute Gasteiger partial charge is 0.497 e. The monoisotopic (exact) mass is 504 g/mol. The number of halogens is 1. The first kappa shape index (κ1) is 20.7. The predicted molar refractivity (Wildman–Crippen MR) is 134 cm³/mol. The summed E-state index contributed by atoms with van der Waals surface area (Å²) in [5, 5.41) is 4.17. The van der Waals surface area contributed by atoms with Crippen LogP contribution in [0.4, 0.5) is 5.69 Å². The first-order chi connectivity index (χ1) is 15.7. The summed E-state index contributed by atoms with van der Waals surface area (Å²) >= 11 is 9.37. The molecule has 0 saturated carbocycles. The van der Waals surface area contributed by atoms with E-state index in [1.807, 2.05) is 54.7 Å². The SMILES string of the molecule is COc1cccc(N2C(=S)N[C@@H](c3ccccn3)[C@@H]2c2cccn2-c2ccc(Br)cc2)c1. The number of rotatable bonds is 5.